The van der Waals surface area contributed by atoms with Crippen LogP contribution in [0.15, 0.2) is 53.4 Å². The third-order valence-electron chi connectivity index (χ3n) is 6.56. The number of rotatable bonds is 9. The normalized spacial score (nSPS) is 15.3. The van der Waals surface area contributed by atoms with Gasteiger partial charge in [0.15, 0.2) is 0 Å². The Bertz CT molecular complexity index is 1110. The minimum Gasteiger partial charge on any atom is -0.352 e. The Morgan fingerprint density at radius 1 is 1.03 bits per heavy atom. The molecule has 1 fully saturated rings. The van der Waals surface area contributed by atoms with E-state index in [1.54, 1.807) is 19.1 Å². The Balaban J connectivity index is 1.80. The van der Waals surface area contributed by atoms with Crippen molar-refractivity contribution >= 4 is 21.8 Å². The summed E-state index contributed by atoms with van der Waals surface area (Å²) in [4.78, 5) is 28.1. The second-order valence-corrected chi connectivity index (χ2v) is 11.2. The van der Waals surface area contributed by atoms with E-state index in [0.29, 0.717) is 0 Å². The van der Waals surface area contributed by atoms with Gasteiger partial charge in [-0.15, -0.1) is 0 Å². The number of carbonyl (C=O) groups excluding carboxylic acids is 2. The zero-order valence-electron chi connectivity index (χ0n) is 20.5. The van der Waals surface area contributed by atoms with Gasteiger partial charge in [-0.25, -0.2) is 8.42 Å². The maximum absolute atomic E-state index is 13.4. The summed E-state index contributed by atoms with van der Waals surface area (Å²) in [5.74, 6) is -0.631. The lowest BCUT2D eigenvalue weighted by molar-refractivity contribution is -0.140. The van der Waals surface area contributed by atoms with Crippen molar-refractivity contribution in [1.82, 2.24) is 14.5 Å². The van der Waals surface area contributed by atoms with Crippen LogP contribution >= 0.6 is 0 Å². The van der Waals surface area contributed by atoms with Crippen LogP contribution in [0.4, 0.5) is 0 Å². The van der Waals surface area contributed by atoms with Gasteiger partial charge in [0.1, 0.15) is 6.04 Å². The van der Waals surface area contributed by atoms with Crippen LogP contribution in [-0.4, -0.2) is 55.1 Å². The van der Waals surface area contributed by atoms with Gasteiger partial charge in [0.25, 0.3) is 0 Å². The van der Waals surface area contributed by atoms with Crippen LogP contribution in [-0.2, 0) is 26.2 Å². The molecule has 2 amide bonds. The first-order valence-electron chi connectivity index (χ1n) is 11.8. The van der Waals surface area contributed by atoms with E-state index in [0.717, 1.165) is 46.7 Å². The van der Waals surface area contributed by atoms with Crippen LogP contribution in [0.25, 0.3) is 0 Å². The first-order valence-corrected chi connectivity index (χ1v) is 13.2. The van der Waals surface area contributed by atoms with E-state index in [1.807, 2.05) is 38.1 Å². The standard InChI is InChI=1S/C26H35N3O4S/c1-19-13-15-24(16-14-19)34(32,33)28(4)18-25(30)29(17-22-10-6-5-9-20(22)2)21(3)26(31)27-23-11-7-8-12-23/h5-6,9-10,13-16,21,23H,7-8,11-12,17-18H2,1-4H3,(H,27,31). The Morgan fingerprint density at radius 3 is 2.26 bits per heavy atom. The predicted octanol–water partition coefficient (Wildman–Crippen LogP) is 3.40. The molecule has 0 heterocycles. The number of amides is 2. The van der Waals surface area contributed by atoms with E-state index in [4.69, 9.17) is 0 Å². The van der Waals surface area contributed by atoms with Crippen LogP contribution < -0.4 is 5.32 Å². The van der Waals surface area contributed by atoms with Gasteiger partial charge in [-0.2, -0.15) is 4.31 Å². The predicted molar refractivity (Wildman–Crippen MR) is 133 cm³/mol. The molecular formula is C26H35N3O4S. The van der Waals surface area contributed by atoms with Crippen LogP contribution in [0.2, 0.25) is 0 Å². The summed E-state index contributed by atoms with van der Waals surface area (Å²) in [6.45, 7) is 5.40. The fraction of sp³-hybridized carbons (Fsp3) is 0.462. The summed E-state index contributed by atoms with van der Waals surface area (Å²) in [6.07, 6.45) is 4.07. The van der Waals surface area contributed by atoms with Crippen molar-refractivity contribution in [2.45, 2.75) is 70.0 Å². The number of aryl methyl sites for hydroxylation is 2. The Morgan fingerprint density at radius 2 is 1.65 bits per heavy atom. The summed E-state index contributed by atoms with van der Waals surface area (Å²) in [5.41, 5.74) is 2.87. The average Bonchev–Trinajstić information content (AvgIpc) is 3.31. The van der Waals surface area contributed by atoms with Crippen molar-refractivity contribution in [3.8, 4) is 0 Å². The average molecular weight is 486 g/mol. The minimum absolute atomic E-state index is 0.130. The molecule has 1 aliphatic rings. The lowest BCUT2D eigenvalue weighted by Gasteiger charge is -2.31. The van der Waals surface area contributed by atoms with E-state index < -0.39 is 22.0 Å². The number of hydrogen-bond donors (Lipinski definition) is 1. The molecule has 8 heteroatoms. The van der Waals surface area contributed by atoms with Crippen molar-refractivity contribution in [2.24, 2.45) is 0 Å². The molecule has 1 unspecified atom stereocenters. The molecule has 0 aromatic heterocycles. The summed E-state index contributed by atoms with van der Waals surface area (Å²) < 4.78 is 27.1. The molecule has 1 N–H and O–H groups in total. The molecule has 2 aromatic rings. The lowest BCUT2D eigenvalue weighted by Crippen LogP contribution is -2.52. The van der Waals surface area contributed by atoms with Gasteiger partial charge in [0.05, 0.1) is 11.4 Å². The number of benzene rings is 2. The number of sulfonamides is 1. The topological polar surface area (TPSA) is 86.8 Å². The monoisotopic (exact) mass is 485 g/mol. The first-order chi connectivity index (χ1) is 16.1. The van der Waals surface area contributed by atoms with Crippen molar-refractivity contribution in [1.29, 1.82) is 0 Å². The number of nitrogens with zero attached hydrogens (tertiary/aromatic N) is 2. The van der Waals surface area contributed by atoms with Gasteiger partial charge in [-0.1, -0.05) is 54.8 Å². The SMILES string of the molecule is Cc1ccc(S(=O)(=O)N(C)CC(=O)N(Cc2ccccc2C)C(C)C(=O)NC2CCCC2)cc1. The molecular weight excluding hydrogens is 450 g/mol. The van der Waals surface area contributed by atoms with Gasteiger partial charge in [-0.05, 0) is 56.9 Å². The van der Waals surface area contributed by atoms with E-state index in [2.05, 4.69) is 5.32 Å². The van der Waals surface area contributed by atoms with Gasteiger partial charge in [-0.3, -0.25) is 9.59 Å². The van der Waals surface area contributed by atoms with Crippen molar-refractivity contribution in [3.05, 3.63) is 65.2 Å². The molecule has 1 atom stereocenters. The first kappa shape index (κ1) is 25.9. The molecule has 1 aliphatic carbocycles. The van der Waals surface area contributed by atoms with E-state index >= 15 is 0 Å². The lowest BCUT2D eigenvalue weighted by atomic mass is 10.1. The highest BCUT2D eigenvalue weighted by atomic mass is 32.2. The van der Waals surface area contributed by atoms with Crippen molar-refractivity contribution in [2.75, 3.05) is 13.6 Å². The van der Waals surface area contributed by atoms with E-state index in [-0.39, 0.29) is 29.9 Å². The second kappa shape index (κ2) is 11.1. The highest BCUT2D eigenvalue weighted by Crippen LogP contribution is 2.20. The summed E-state index contributed by atoms with van der Waals surface area (Å²) in [6, 6.07) is 13.6. The molecule has 0 aliphatic heterocycles. The van der Waals surface area contributed by atoms with Crippen molar-refractivity contribution in [3.63, 3.8) is 0 Å². The van der Waals surface area contributed by atoms with Gasteiger partial charge in [0.2, 0.25) is 21.8 Å². The second-order valence-electron chi connectivity index (χ2n) is 9.19. The smallest absolute Gasteiger partial charge is 0.243 e. The molecule has 34 heavy (non-hydrogen) atoms. The van der Waals surface area contributed by atoms with Gasteiger partial charge in [0, 0.05) is 19.6 Å². The highest BCUT2D eigenvalue weighted by Gasteiger charge is 2.31. The Kier molecular flexibility index (Phi) is 8.49. The van der Waals surface area contributed by atoms with Crippen LogP contribution in [0.5, 0.6) is 0 Å². The quantitative estimate of drug-likeness (QED) is 0.590. The molecule has 3 rings (SSSR count). The maximum atomic E-state index is 13.4. The Hall–Kier alpha value is -2.71. The summed E-state index contributed by atoms with van der Waals surface area (Å²) >= 11 is 0. The zero-order chi connectivity index (χ0) is 24.9. The molecule has 7 nitrogen and oxygen atoms in total. The molecule has 2 aromatic carbocycles. The summed E-state index contributed by atoms with van der Waals surface area (Å²) in [7, 11) is -2.45. The molecule has 0 spiro atoms. The third kappa shape index (κ3) is 6.24. The van der Waals surface area contributed by atoms with Gasteiger partial charge >= 0.3 is 0 Å². The fourth-order valence-electron chi connectivity index (χ4n) is 4.20. The van der Waals surface area contributed by atoms with Gasteiger partial charge < -0.3 is 10.2 Å². The highest BCUT2D eigenvalue weighted by molar-refractivity contribution is 7.89. The molecule has 0 bridgehead atoms. The number of nitrogens with one attached hydrogen (secondary N) is 1. The fourth-order valence-corrected chi connectivity index (χ4v) is 5.32. The van der Waals surface area contributed by atoms with Crippen LogP contribution in [0.1, 0.15) is 49.3 Å². The third-order valence-corrected chi connectivity index (χ3v) is 8.38. The maximum Gasteiger partial charge on any atom is 0.243 e. The molecule has 0 saturated heterocycles. The minimum atomic E-state index is -3.84. The largest absolute Gasteiger partial charge is 0.352 e. The summed E-state index contributed by atoms with van der Waals surface area (Å²) in [5, 5.41) is 3.06. The molecule has 0 radical (unpaired) electrons. The Labute approximate surface area is 203 Å². The number of likely N-dealkylation sites (N-methyl/N-ethyl adjacent to an activating group) is 1. The number of carbonyl (C=O) groups is 2. The molecule has 1 saturated carbocycles. The van der Waals surface area contributed by atoms with Crippen LogP contribution in [0, 0.1) is 13.8 Å². The van der Waals surface area contributed by atoms with E-state index in [9.17, 15) is 18.0 Å². The number of hydrogen-bond acceptors (Lipinski definition) is 4. The molecule has 184 valence electrons. The zero-order valence-corrected chi connectivity index (χ0v) is 21.3. The van der Waals surface area contributed by atoms with E-state index in [1.165, 1.54) is 24.1 Å². The van der Waals surface area contributed by atoms with Crippen molar-refractivity contribution < 1.29 is 18.0 Å². The van der Waals surface area contributed by atoms with Crippen LogP contribution in [0.3, 0.4) is 0 Å².